The van der Waals surface area contributed by atoms with Gasteiger partial charge in [0.15, 0.2) is 0 Å². The Morgan fingerprint density at radius 1 is 1.06 bits per heavy atom. The van der Waals surface area contributed by atoms with Gasteiger partial charge >= 0.3 is 0 Å². The first kappa shape index (κ1) is 10.7. The van der Waals surface area contributed by atoms with Crippen LogP contribution in [0.3, 0.4) is 0 Å². The Morgan fingerprint density at radius 2 is 1.94 bits per heavy atom. The molecular formula is C14H11N3O. The van der Waals surface area contributed by atoms with Crippen LogP contribution in [0.25, 0.3) is 16.7 Å². The molecule has 0 saturated heterocycles. The maximum absolute atomic E-state index is 12.0. The summed E-state index contributed by atoms with van der Waals surface area (Å²) in [6.07, 6.45) is 3.37. The summed E-state index contributed by atoms with van der Waals surface area (Å²) in [5.41, 5.74) is 2.19. The van der Waals surface area contributed by atoms with Crippen molar-refractivity contribution in [3.05, 3.63) is 64.8 Å². The number of hydrogen-bond acceptors (Lipinski definition) is 3. The fourth-order valence-electron chi connectivity index (χ4n) is 1.91. The van der Waals surface area contributed by atoms with E-state index in [-0.39, 0.29) is 5.56 Å². The fraction of sp³-hybridized carbons (Fsp3) is 0.0714. The van der Waals surface area contributed by atoms with E-state index in [0.717, 1.165) is 16.8 Å². The first-order valence-electron chi connectivity index (χ1n) is 5.65. The predicted octanol–water partition coefficient (Wildman–Crippen LogP) is 2.09. The third-order valence-corrected chi connectivity index (χ3v) is 2.81. The Bertz CT molecular complexity index is 760. The van der Waals surface area contributed by atoms with E-state index >= 15 is 0 Å². The summed E-state index contributed by atoms with van der Waals surface area (Å²) in [7, 11) is 0. The molecule has 0 bridgehead atoms. The third kappa shape index (κ3) is 1.68. The molecule has 3 rings (SSSR count). The van der Waals surface area contributed by atoms with Gasteiger partial charge < -0.3 is 0 Å². The van der Waals surface area contributed by atoms with Crippen molar-refractivity contribution in [2.75, 3.05) is 0 Å². The van der Waals surface area contributed by atoms with Crippen LogP contribution in [0.5, 0.6) is 0 Å². The van der Waals surface area contributed by atoms with Crippen molar-refractivity contribution in [3.63, 3.8) is 0 Å². The van der Waals surface area contributed by atoms with Crippen molar-refractivity contribution in [3.8, 4) is 5.69 Å². The van der Waals surface area contributed by atoms with Gasteiger partial charge in [0.1, 0.15) is 5.65 Å². The lowest BCUT2D eigenvalue weighted by molar-refractivity contribution is 0.995. The van der Waals surface area contributed by atoms with E-state index < -0.39 is 0 Å². The molecule has 0 aliphatic carbocycles. The standard InChI is InChI=1S/C14H11N3O/c1-10-4-6-12(9-16-10)17-13(18)7-5-11-3-2-8-15-14(11)17/h2-9H,1H3. The number of hydrogen-bond donors (Lipinski definition) is 0. The average Bonchev–Trinajstić information content (AvgIpc) is 2.40. The van der Waals surface area contributed by atoms with Gasteiger partial charge in [0.05, 0.1) is 11.9 Å². The van der Waals surface area contributed by atoms with Crippen molar-refractivity contribution < 1.29 is 0 Å². The largest absolute Gasteiger partial charge is 0.269 e. The summed E-state index contributed by atoms with van der Waals surface area (Å²) in [5, 5.41) is 0.928. The molecule has 0 aromatic carbocycles. The highest BCUT2D eigenvalue weighted by Gasteiger charge is 2.05. The maximum Gasteiger partial charge on any atom is 0.256 e. The number of aromatic nitrogens is 3. The van der Waals surface area contributed by atoms with Crippen LogP contribution >= 0.6 is 0 Å². The van der Waals surface area contributed by atoms with Crippen molar-refractivity contribution >= 4 is 11.0 Å². The lowest BCUT2D eigenvalue weighted by atomic mass is 10.2. The second kappa shape index (κ2) is 4.07. The molecule has 0 unspecified atom stereocenters. The van der Waals surface area contributed by atoms with Crippen LogP contribution in [-0.4, -0.2) is 14.5 Å². The Kier molecular flexibility index (Phi) is 2.41. The minimum Gasteiger partial charge on any atom is -0.269 e. The summed E-state index contributed by atoms with van der Waals surface area (Å²) in [6.45, 7) is 1.91. The number of pyridine rings is 3. The van der Waals surface area contributed by atoms with Crippen LogP contribution in [0.15, 0.2) is 53.6 Å². The normalized spacial score (nSPS) is 10.7. The number of aryl methyl sites for hydroxylation is 1. The van der Waals surface area contributed by atoms with E-state index in [1.54, 1.807) is 29.1 Å². The van der Waals surface area contributed by atoms with Crippen molar-refractivity contribution in [1.82, 2.24) is 14.5 Å². The summed E-state index contributed by atoms with van der Waals surface area (Å²) in [6, 6.07) is 10.9. The summed E-state index contributed by atoms with van der Waals surface area (Å²) < 4.78 is 1.57. The van der Waals surface area contributed by atoms with E-state index in [1.165, 1.54) is 0 Å². The quantitative estimate of drug-likeness (QED) is 0.651. The molecule has 4 nitrogen and oxygen atoms in total. The van der Waals surface area contributed by atoms with E-state index in [9.17, 15) is 4.79 Å². The zero-order valence-electron chi connectivity index (χ0n) is 9.87. The van der Waals surface area contributed by atoms with Crippen LogP contribution in [0, 0.1) is 6.92 Å². The summed E-state index contributed by atoms with van der Waals surface area (Å²) in [5.74, 6) is 0. The van der Waals surface area contributed by atoms with Gasteiger partial charge in [0, 0.05) is 23.3 Å². The zero-order chi connectivity index (χ0) is 12.5. The van der Waals surface area contributed by atoms with Crippen LogP contribution in [0.1, 0.15) is 5.69 Å². The second-order valence-corrected chi connectivity index (χ2v) is 4.08. The Morgan fingerprint density at radius 3 is 2.72 bits per heavy atom. The molecular weight excluding hydrogens is 226 g/mol. The molecule has 0 radical (unpaired) electrons. The van der Waals surface area contributed by atoms with Gasteiger partial charge in [-0.3, -0.25) is 14.3 Å². The predicted molar refractivity (Wildman–Crippen MR) is 69.9 cm³/mol. The third-order valence-electron chi connectivity index (χ3n) is 2.81. The number of rotatable bonds is 1. The molecule has 18 heavy (non-hydrogen) atoms. The molecule has 4 heteroatoms. The van der Waals surface area contributed by atoms with Crippen LogP contribution < -0.4 is 5.56 Å². The highest BCUT2D eigenvalue weighted by atomic mass is 16.1. The highest BCUT2D eigenvalue weighted by Crippen LogP contribution is 2.13. The summed E-state index contributed by atoms with van der Waals surface area (Å²) >= 11 is 0. The van der Waals surface area contributed by atoms with Crippen LogP contribution in [0.4, 0.5) is 0 Å². The number of fused-ring (bicyclic) bond motifs is 1. The zero-order valence-corrected chi connectivity index (χ0v) is 9.87. The van der Waals surface area contributed by atoms with Gasteiger partial charge in [-0.25, -0.2) is 4.98 Å². The molecule has 0 aliphatic rings. The Balaban J connectivity index is 2.37. The van der Waals surface area contributed by atoms with Gasteiger partial charge in [0.25, 0.3) is 5.56 Å². The lowest BCUT2D eigenvalue weighted by Gasteiger charge is -2.08. The first-order valence-corrected chi connectivity index (χ1v) is 5.65. The van der Waals surface area contributed by atoms with Gasteiger partial charge in [-0.2, -0.15) is 0 Å². The molecule has 3 heterocycles. The smallest absolute Gasteiger partial charge is 0.256 e. The van der Waals surface area contributed by atoms with E-state index in [2.05, 4.69) is 9.97 Å². The van der Waals surface area contributed by atoms with Crippen molar-refractivity contribution in [2.45, 2.75) is 6.92 Å². The molecule has 0 fully saturated rings. The van der Waals surface area contributed by atoms with Gasteiger partial charge in [-0.15, -0.1) is 0 Å². The molecule has 0 saturated carbocycles. The molecule has 0 spiro atoms. The van der Waals surface area contributed by atoms with E-state index in [0.29, 0.717) is 5.65 Å². The minimum absolute atomic E-state index is 0.105. The lowest BCUT2D eigenvalue weighted by Crippen LogP contribution is -2.18. The molecule has 0 atom stereocenters. The highest BCUT2D eigenvalue weighted by molar-refractivity contribution is 5.76. The first-order chi connectivity index (χ1) is 8.75. The van der Waals surface area contributed by atoms with E-state index in [4.69, 9.17) is 0 Å². The molecule has 0 aliphatic heterocycles. The van der Waals surface area contributed by atoms with Crippen LogP contribution in [-0.2, 0) is 0 Å². The van der Waals surface area contributed by atoms with Gasteiger partial charge in [-0.1, -0.05) is 0 Å². The Hall–Kier alpha value is -2.49. The Labute approximate surface area is 104 Å². The fourth-order valence-corrected chi connectivity index (χ4v) is 1.91. The molecule has 3 aromatic rings. The topological polar surface area (TPSA) is 47.8 Å². The average molecular weight is 237 g/mol. The SMILES string of the molecule is Cc1ccc(-n2c(=O)ccc3cccnc32)cn1. The van der Waals surface area contributed by atoms with Gasteiger partial charge in [0.2, 0.25) is 0 Å². The summed E-state index contributed by atoms with van der Waals surface area (Å²) in [4.78, 5) is 20.5. The molecule has 0 N–H and O–H groups in total. The monoisotopic (exact) mass is 237 g/mol. The maximum atomic E-state index is 12.0. The molecule has 0 amide bonds. The molecule has 3 aromatic heterocycles. The van der Waals surface area contributed by atoms with Crippen molar-refractivity contribution in [1.29, 1.82) is 0 Å². The minimum atomic E-state index is -0.105. The number of nitrogens with zero attached hydrogens (tertiary/aromatic N) is 3. The van der Waals surface area contributed by atoms with Gasteiger partial charge in [-0.05, 0) is 37.3 Å². The second-order valence-electron chi connectivity index (χ2n) is 4.08. The van der Waals surface area contributed by atoms with Crippen molar-refractivity contribution in [2.24, 2.45) is 0 Å². The van der Waals surface area contributed by atoms with Crippen LogP contribution in [0.2, 0.25) is 0 Å². The van der Waals surface area contributed by atoms with E-state index in [1.807, 2.05) is 31.2 Å². The molecule has 88 valence electrons.